The number of alkyl halides is 1. The van der Waals surface area contributed by atoms with Crippen LogP contribution in [0.3, 0.4) is 0 Å². The molecule has 0 atom stereocenters. The molecular weight excluding hydrogens is 176 g/mol. The molecule has 0 aliphatic carbocycles. The van der Waals surface area contributed by atoms with Gasteiger partial charge in [0.25, 0.3) is 0 Å². The van der Waals surface area contributed by atoms with Crippen molar-refractivity contribution < 1.29 is 14.7 Å². The first kappa shape index (κ1) is 7.78. The fourth-order valence-electron chi connectivity index (χ4n) is 0.163. The minimum Gasteiger partial charge on any atom is -0.388 e. The Hall–Kier alpha value is -0.220. The molecule has 0 unspecified atom stereocenters. The summed E-state index contributed by atoms with van der Waals surface area (Å²) in [6.07, 6.45) is 0. The molecule has 3 nitrogen and oxygen atoms in total. The molecule has 0 fully saturated rings. The van der Waals surface area contributed by atoms with E-state index >= 15 is 0 Å². The Balaban J connectivity index is 3.64. The van der Waals surface area contributed by atoms with Gasteiger partial charge in [-0.2, -0.15) is 0 Å². The van der Waals surface area contributed by atoms with Gasteiger partial charge in [-0.15, -0.1) is 0 Å². The monoisotopic (exact) mass is 180 g/mol. The first-order chi connectivity index (χ1) is 3.72. The molecule has 0 heterocycles. The number of carbonyl (C=O) groups excluding carboxylic acids is 2. The van der Waals surface area contributed by atoms with Crippen LogP contribution in [0.5, 0.6) is 0 Å². The van der Waals surface area contributed by atoms with E-state index in [0.717, 1.165) is 0 Å². The first-order valence-electron chi connectivity index (χ1n) is 1.95. The molecule has 8 heavy (non-hydrogen) atoms. The molecule has 0 bridgehead atoms. The highest BCUT2D eigenvalue weighted by Gasteiger charge is 2.08. The summed E-state index contributed by atoms with van der Waals surface area (Å²) >= 11 is 2.77. The van der Waals surface area contributed by atoms with Crippen LogP contribution < -0.4 is 0 Å². The third-order valence-corrected chi connectivity index (χ3v) is 1.09. The van der Waals surface area contributed by atoms with Crippen molar-refractivity contribution in [2.75, 3.05) is 11.9 Å². The summed E-state index contributed by atoms with van der Waals surface area (Å²) in [5.41, 5.74) is 0. The second kappa shape index (κ2) is 3.74. The first-order valence-corrected chi connectivity index (χ1v) is 3.07. The number of hydrogen-bond donors (Lipinski definition) is 1. The molecule has 0 aliphatic heterocycles. The van der Waals surface area contributed by atoms with E-state index in [0.29, 0.717) is 0 Å². The smallest absolute Gasteiger partial charge is 0.224 e. The zero-order valence-electron chi connectivity index (χ0n) is 4.06. The summed E-state index contributed by atoms with van der Waals surface area (Å²) < 4.78 is 0. The molecule has 0 aliphatic rings. The predicted octanol–water partition coefficient (Wildman–Crippen LogP) is -0.488. The molecule has 0 aromatic carbocycles. The third kappa shape index (κ3) is 2.18. The van der Waals surface area contributed by atoms with E-state index in [4.69, 9.17) is 5.11 Å². The Labute approximate surface area is 54.8 Å². The molecule has 46 valence electrons. The molecule has 0 aromatic heterocycles. The van der Waals surface area contributed by atoms with E-state index in [2.05, 4.69) is 15.9 Å². The van der Waals surface area contributed by atoms with Crippen molar-refractivity contribution >= 4 is 27.5 Å². The van der Waals surface area contributed by atoms with Gasteiger partial charge in [-0.25, -0.2) is 0 Å². The molecule has 0 radical (unpaired) electrons. The second-order valence-corrected chi connectivity index (χ2v) is 1.70. The molecule has 0 saturated carbocycles. The van der Waals surface area contributed by atoms with Crippen LogP contribution in [0, 0.1) is 0 Å². The Bertz CT molecular complexity index is 95.9. The van der Waals surface area contributed by atoms with Crippen LogP contribution in [-0.4, -0.2) is 28.6 Å². The number of rotatable bonds is 3. The highest BCUT2D eigenvalue weighted by molar-refractivity contribution is 9.09. The third-order valence-electron chi connectivity index (χ3n) is 0.576. The lowest BCUT2D eigenvalue weighted by atomic mass is 10.3. The standard InChI is InChI=1S/C4H5BrO3/c5-1-3(7)4(8)2-6/h6H,1-2H2. The lowest BCUT2D eigenvalue weighted by molar-refractivity contribution is -0.136. The SMILES string of the molecule is O=C(CO)C(=O)CBr. The van der Waals surface area contributed by atoms with E-state index < -0.39 is 18.2 Å². The van der Waals surface area contributed by atoms with E-state index in [1.165, 1.54) is 0 Å². The van der Waals surface area contributed by atoms with E-state index in [1.807, 2.05) is 0 Å². The zero-order chi connectivity index (χ0) is 6.57. The largest absolute Gasteiger partial charge is 0.388 e. The summed E-state index contributed by atoms with van der Waals surface area (Å²) in [4.78, 5) is 20.3. The Morgan fingerprint density at radius 2 is 1.88 bits per heavy atom. The predicted molar refractivity (Wildman–Crippen MR) is 30.9 cm³/mol. The normalized spacial score (nSPS) is 8.75. The zero-order valence-corrected chi connectivity index (χ0v) is 5.64. The van der Waals surface area contributed by atoms with Gasteiger partial charge in [-0.3, -0.25) is 9.59 Å². The van der Waals surface area contributed by atoms with Crippen LogP contribution in [0.2, 0.25) is 0 Å². The lowest BCUT2D eigenvalue weighted by Gasteiger charge is -1.86. The molecule has 0 aromatic rings. The van der Waals surface area contributed by atoms with E-state index in [-0.39, 0.29) is 5.33 Å². The van der Waals surface area contributed by atoms with E-state index in [9.17, 15) is 9.59 Å². The van der Waals surface area contributed by atoms with Crippen LogP contribution in [-0.2, 0) is 9.59 Å². The Morgan fingerprint density at radius 1 is 1.38 bits per heavy atom. The summed E-state index contributed by atoms with van der Waals surface area (Å²) in [7, 11) is 0. The highest BCUT2D eigenvalue weighted by atomic mass is 79.9. The van der Waals surface area contributed by atoms with Gasteiger partial charge >= 0.3 is 0 Å². The van der Waals surface area contributed by atoms with Crippen LogP contribution in [0.25, 0.3) is 0 Å². The maximum atomic E-state index is 10.2. The molecule has 4 heteroatoms. The summed E-state index contributed by atoms with van der Waals surface area (Å²) in [5, 5.41) is 8.04. The number of hydrogen-bond acceptors (Lipinski definition) is 3. The molecule has 0 spiro atoms. The fourth-order valence-corrected chi connectivity index (χ4v) is 0.475. The number of carbonyl (C=O) groups is 2. The molecule has 0 rings (SSSR count). The summed E-state index contributed by atoms with van der Waals surface area (Å²) in [6, 6.07) is 0. The number of ketones is 2. The van der Waals surface area contributed by atoms with Crippen LogP contribution >= 0.6 is 15.9 Å². The number of aliphatic hydroxyl groups excluding tert-OH is 1. The Morgan fingerprint density at radius 3 is 2.00 bits per heavy atom. The van der Waals surface area contributed by atoms with Crippen LogP contribution in [0.1, 0.15) is 0 Å². The van der Waals surface area contributed by atoms with Gasteiger partial charge in [0, 0.05) is 0 Å². The van der Waals surface area contributed by atoms with Crippen molar-refractivity contribution in [1.82, 2.24) is 0 Å². The van der Waals surface area contributed by atoms with Gasteiger partial charge in [0.1, 0.15) is 6.61 Å². The average molecular weight is 181 g/mol. The molecule has 0 saturated heterocycles. The lowest BCUT2D eigenvalue weighted by Crippen LogP contribution is -2.18. The van der Waals surface area contributed by atoms with Crippen LogP contribution in [0.15, 0.2) is 0 Å². The van der Waals surface area contributed by atoms with Crippen LogP contribution in [0.4, 0.5) is 0 Å². The molecule has 0 amide bonds. The minimum absolute atomic E-state index is 0.00755. The minimum atomic E-state index is -0.748. The van der Waals surface area contributed by atoms with Crippen molar-refractivity contribution in [1.29, 1.82) is 0 Å². The van der Waals surface area contributed by atoms with Gasteiger partial charge in [0.15, 0.2) is 0 Å². The molecular formula is C4H5BrO3. The Kier molecular flexibility index (Phi) is 3.64. The quantitative estimate of drug-likeness (QED) is 0.472. The van der Waals surface area contributed by atoms with Gasteiger partial charge in [0.2, 0.25) is 11.6 Å². The van der Waals surface area contributed by atoms with E-state index in [1.54, 1.807) is 0 Å². The van der Waals surface area contributed by atoms with Crippen molar-refractivity contribution in [3.8, 4) is 0 Å². The maximum Gasteiger partial charge on any atom is 0.224 e. The van der Waals surface area contributed by atoms with Gasteiger partial charge in [0.05, 0.1) is 5.33 Å². The number of halogens is 1. The topological polar surface area (TPSA) is 54.4 Å². The van der Waals surface area contributed by atoms with Crippen molar-refractivity contribution in [3.63, 3.8) is 0 Å². The van der Waals surface area contributed by atoms with Crippen molar-refractivity contribution in [2.24, 2.45) is 0 Å². The van der Waals surface area contributed by atoms with Gasteiger partial charge in [-0.05, 0) is 0 Å². The van der Waals surface area contributed by atoms with Gasteiger partial charge < -0.3 is 5.11 Å². The summed E-state index contributed by atoms with van der Waals surface area (Å²) in [5.74, 6) is -1.34. The maximum absolute atomic E-state index is 10.2. The van der Waals surface area contributed by atoms with Crippen molar-refractivity contribution in [2.45, 2.75) is 0 Å². The number of Topliss-reactive ketones (excluding diaryl/α,β-unsaturated/α-hetero) is 2. The summed E-state index contributed by atoms with van der Waals surface area (Å²) in [6.45, 7) is -0.690. The highest BCUT2D eigenvalue weighted by Crippen LogP contribution is 1.82. The second-order valence-electron chi connectivity index (χ2n) is 1.14. The molecule has 1 N–H and O–H groups in total. The fraction of sp³-hybridized carbons (Fsp3) is 0.500. The van der Waals surface area contributed by atoms with Crippen molar-refractivity contribution in [3.05, 3.63) is 0 Å². The number of aliphatic hydroxyl groups is 1. The average Bonchev–Trinajstić information content (AvgIpc) is 1.84. The van der Waals surface area contributed by atoms with Gasteiger partial charge in [-0.1, -0.05) is 15.9 Å².